The number of Topliss-reactive ketones (excluding diaryl/α,β-unsaturated/α-hetero) is 1. The van der Waals surface area contributed by atoms with E-state index in [0.717, 1.165) is 12.8 Å². The van der Waals surface area contributed by atoms with Gasteiger partial charge in [0.25, 0.3) is 0 Å². The van der Waals surface area contributed by atoms with E-state index in [1.165, 1.54) is 112 Å². The largest absolute Gasteiger partial charge is 0.300 e. The van der Waals surface area contributed by atoms with Crippen LogP contribution in [-0.2, 0) is 17.6 Å². The highest BCUT2D eigenvalue weighted by Crippen LogP contribution is 2.40. The molecule has 0 spiro atoms. The lowest BCUT2D eigenvalue weighted by molar-refractivity contribution is -0.121. The Morgan fingerprint density at radius 3 is 1.28 bits per heavy atom. The van der Waals surface area contributed by atoms with Gasteiger partial charge >= 0.3 is 0 Å². The number of carbonyl (C=O) groups excluding carboxylic acids is 1. The lowest BCUT2D eigenvalue weighted by Crippen LogP contribution is -2.20. The van der Waals surface area contributed by atoms with Gasteiger partial charge in [0.2, 0.25) is 0 Å². The first-order valence-electron chi connectivity index (χ1n) is 15.3. The topological polar surface area (TPSA) is 17.1 Å². The van der Waals surface area contributed by atoms with Crippen LogP contribution in [0.1, 0.15) is 138 Å². The van der Waals surface area contributed by atoms with E-state index in [2.05, 4.69) is 62.4 Å². The molecule has 0 aliphatic heterocycles. The molecule has 2 aromatic rings. The normalized spacial score (nSPS) is 24.5. The predicted octanol–water partition coefficient (Wildman–Crippen LogP) is 9.97. The van der Waals surface area contributed by atoms with Gasteiger partial charge in [0.15, 0.2) is 0 Å². The molecule has 4 rings (SSSR count). The quantitative estimate of drug-likeness (QED) is 0.292. The Morgan fingerprint density at radius 1 is 0.583 bits per heavy atom. The Kier molecular flexibility index (Phi) is 10.7. The minimum absolute atomic E-state index is 0.544. The van der Waals surface area contributed by atoms with Crippen molar-refractivity contribution in [2.45, 2.75) is 128 Å². The molecule has 0 amide bonds. The molecule has 2 fully saturated rings. The smallest absolute Gasteiger partial charge is 0.133 e. The Hall–Kier alpha value is -1.89. The first-order valence-corrected chi connectivity index (χ1v) is 15.3. The number of unbranched alkanes of at least 4 members (excludes halogenated alkanes) is 2. The summed E-state index contributed by atoms with van der Waals surface area (Å²) < 4.78 is 0. The predicted molar refractivity (Wildman–Crippen MR) is 154 cm³/mol. The first kappa shape index (κ1) is 27.2. The molecule has 2 saturated carbocycles. The van der Waals surface area contributed by atoms with Gasteiger partial charge in [-0.3, -0.25) is 4.79 Å². The molecule has 0 radical (unpaired) electrons. The van der Waals surface area contributed by atoms with Crippen LogP contribution in [0, 0.1) is 11.8 Å². The number of hydrogen-bond acceptors (Lipinski definition) is 1. The minimum Gasteiger partial charge on any atom is -0.300 e. The van der Waals surface area contributed by atoms with Gasteiger partial charge in [0.1, 0.15) is 5.78 Å². The lowest BCUT2D eigenvalue weighted by atomic mass is 9.74. The molecule has 0 saturated heterocycles. The van der Waals surface area contributed by atoms with E-state index in [-0.39, 0.29) is 0 Å². The van der Waals surface area contributed by atoms with Crippen molar-refractivity contribution in [3.63, 3.8) is 0 Å². The van der Waals surface area contributed by atoms with Crippen LogP contribution in [0.15, 0.2) is 48.5 Å². The second-order valence-corrected chi connectivity index (χ2v) is 12.1. The van der Waals surface area contributed by atoms with Crippen molar-refractivity contribution in [2.75, 3.05) is 0 Å². The second-order valence-electron chi connectivity index (χ2n) is 12.1. The SMILES string of the molecule is CCCCc1ccc(C2CCC(CC(=O)C[C@H]3CC[C@H](c4ccc(CCCC)cc4)CC3)CC2)cc1. The average Bonchev–Trinajstić information content (AvgIpc) is 2.92. The molecule has 0 aromatic heterocycles. The molecule has 0 unspecified atom stereocenters. The number of hydrogen-bond donors (Lipinski definition) is 0. The zero-order chi connectivity index (χ0) is 25.2. The van der Waals surface area contributed by atoms with Crippen molar-refractivity contribution in [1.82, 2.24) is 0 Å². The fraction of sp³-hybridized carbons (Fsp3) is 0.629. The highest BCUT2D eigenvalue weighted by Gasteiger charge is 2.27. The van der Waals surface area contributed by atoms with E-state index in [1.807, 2.05) is 0 Å². The molecule has 1 heteroatoms. The van der Waals surface area contributed by atoms with Gasteiger partial charge in [-0.25, -0.2) is 0 Å². The van der Waals surface area contributed by atoms with Crippen LogP contribution < -0.4 is 0 Å². The Morgan fingerprint density at radius 2 is 0.944 bits per heavy atom. The lowest BCUT2D eigenvalue weighted by Gasteiger charge is -2.30. The minimum atomic E-state index is 0.544. The third-order valence-corrected chi connectivity index (χ3v) is 9.27. The van der Waals surface area contributed by atoms with Gasteiger partial charge < -0.3 is 0 Å². The fourth-order valence-corrected chi connectivity index (χ4v) is 6.80. The summed E-state index contributed by atoms with van der Waals surface area (Å²) in [5.74, 6) is 3.20. The van der Waals surface area contributed by atoms with Crippen molar-refractivity contribution in [3.8, 4) is 0 Å². The summed E-state index contributed by atoms with van der Waals surface area (Å²) in [6, 6.07) is 18.9. The van der Waals surface area contributed by atoms with Gasteiger partial charge in [-0.05, 0) is 123 Å². The molecule has 0 N–H and O–H groups in total. The summed E-state index contributed by atoms with van der Waals surface area (Å²) >= 11 is 0. The number of benzene rings is 2. The molecule has 2 aromatic carbocycles. The van der Waals surface area contributed by atoms with Gasteiger partial charge in [-0.2, -0.15) is 0 Å². The standard InChI is InChI=1S/C35H50O/c1-3-5-7-27-9-17-31(18-10-27)33-21-13-29(14-22-33)25-35(36)26-30-15-23-34(24-16-30)32-19-11-28(12-20-32)8-6-4-2/h9-12,17-20,29-30,33-34H,3-8,13-16,21-26H2,1-2H3/t29-,30?,33-,34?. The van der Waals surface area contributed by atoms with Crippen LogP contribution in [0.5, 0.6) is 0 Å². The molecule has 0 atom stereocenters. The van der Waals surface area contributed by atoms with Gasteiger partial charge in [-0.1, -0.05) is 75.2 Å². The Balaban J connectivity index is 1.14. The van der Waals surface area contributed by atoms with Crippen LogP contribution in [0.25, 0.3) is 0 Å². The number of rotatable bonds is 12. The third kappa shape index (κ3) is 8.06. The summed E-state index contributed by atoms with van der Waals surface area (Å²) in [6.07, 6.45) is 19.1. The van der Waals surface area contributed by atoms with Crippen LogP contribution in [0.3, 0.4) is 0 Å². The molecule has 0 bridgehead atoms. The Labute approximate surface area is 221 Å². The molecular weight excluding hydrogens is 436 g/mol. The molecule has 196 valence electrons. The third-order valence-electron chi connectivity index (χ3n) is 9.27. The number of aryl methyl sites for hydroxylation is 2. The summed E-state index contributed by atoms with van der Waals surface area (Å²) in [5, 5.41) is 0. The fourth-order valence-electron chi connectivity index (χ4n) is 6.80. The second kappa shape index (κ2) is 14.2. The van der Waals surface area contributed by atoms with E-state index < -0.39 is 0 Å². The zero-order valence-corrected chi connectivity index (χ0v) is 23.2. The van der Waals surface area contributed by atoms with Crippen molar-refractivity contribution in [1.29, 1.82) is 0 Å². The average molecular weight is 487 g/mol. The molecule has 2 aliphatic carbocycles. The van der Waals surface area contributed by atoms with Gasteiger partial charge in [0.05, 0.1) is 0 Å². The van der Waals surface area contributed by atoms with Crippen molar-refractivity contribution < 1.29 is 4.79 Å². The van der Waals surface area contributed by atoms with Crippen LogP contribution in [0.2, 0.25) is 0 Å². The molecule has 1 nitrogen and oxygen atoms in total. The van der Waals surface area contributed by atoms with Crippen molar-refractivity contribution >= 4 is 5.78 Å². The monoisotopic (exact) mass is 486 g/mol. The molecule has 2 aliphatic rings. The van der Waals surface area contributed by atoms with E-state index in [9.17, 15) is 4.79 Å². The Bertz CT molecular complexity index is 817. The van der Waals surface area contributed by atoms with Crippen molar-refractivity contribution in [3.05, 3.63) is 70.8 Å². The summed E-state index contributed by atoms with van der Waals surface area (Å²) in [7, 11) is 0. The highest BCUT2D eigenvalue weighted by atomic mass is 16.1. The molecular formula is C35H50O. The van der Waals surface area contributed by atoms with Crippen molar-refractivity contribution in [2.24, 2.45) is 11.8 Å². The summed E-state index contributed by atoms with van der Waals surface area (Å²) in [5.41, 5.74) is 6.00. The van der Waals surface area contributed by atoms with Crippen LogP contribution >= 0.6 is 0 Å². The summed E-state index contributed by atoms with van der Waals surface area (Å²) in [4.78, 5) is 12.9. The zero-order valence-electron chi connectivity index (χ0n) is 23.2. The van der Waals surface area contributed by atoms with Gasteiger partial charge in [-0.15, -0.1) is 0 Å². The van der Waals surface area contributed by atoms with Gasteiger partial charge in [0, 0.05) is 12.8 Å². The first-order chi connectivity index (χ1) is 17.6. The van der Waals surface area contributed by atoms with E-state index in [0.29, 0.717) is 29.5 Å². The number of ketones is 1. The van der Waals surface area contributed by atoms with E-state index in [4.69, 9.17) is 0 Å². The maximum Gasteiger partial charge on any atom is 0.133 e. The molecule has 0 heterocycles. The van der Waals surface area contributed by atoms with Crippen LogP contribution in [0.4, 0.5) is 0 Å². The van der Waals surface area contributed by atoms with E-state index >= 15 is 0 Å². The molecule has 36 heavy (non-hydrogen) atoms. The van der Waals surface area contributed by atoms with Crippen LogP contribution in [-0.4, -0.2) is 5.78 Å². The maximum atomic E-state index is 12.9. The summed E-state index contributed by atoms with van der Waals surface area (Å²) in [6.45, 7) is 4.52. The maximum absolute atomic E-state index is 12.9. The highest BCUT2D eigenvalue weighted by molar-refractivity contribution is 5.78. The number of carbonyl (C=O) groups is 1. The van der Waals surface area contributed by atoms with E-state index in [1.54, 1.807) is 0 Å².